The summed E-state index contributed by atoms with van der Waals surface area (Å²) in [6.45, 7) is 6.03. The third-order valence-electron chi connectivity index (χ3n) is 10.5. The number of terminal acetylenes is 1. The maximum Gasteiger partial charge on any atom is 0.319 e. The van der Waals surface area contributed by atoms with Crippen LogP contribution in [0.2, 0.25) is 0 Å². The Morgan fingerprint density at radius 2 is 2.04 bits per heavy atom. The van der Waals surface area contributed by atoms with Crippen molar-refractivity contribution >= 4 is 27.5 Å². The molecule has 12 heteroatoms. The first-order chi connectivity index (χ1) is 22.7. The molecule has 0 amide bonds. The molecular formula is C35H31F3N6O3. The number of ether oxygens (including phenoxy) is 2. The molecule has 2 N–H and O–H groups in total. The Balaban J connectivity index is 1.24. The maximum absolute atomic E-state index is 17.0. The fourth-order valence-electron chi connectivity index (χ4n) is 8.56. The number of nitrogens with zero attached hydrogens (tertiary/aromatic N) is 5. The fourth-order valence-corrected chi connectivity index (χ4v) is 8.56. The van der Waals surface area contributed by atoms with Crippen LogP contribution in [0.1, 0.15) is 31.2 Å². The molecule has 7 heterocycles. The van der Waals surface area contributed by atoms with Crippen LogP contribution in [0.3, 0.4) is 0 Å². The van der Waals surface area contributed by atoms with Gasteiger partial charge in [0.2, 0.25) is 5.88 Å². The van der Waals surface area contributed by atoms with Crippen LogP contribution in [0.25, 0.3) is 32.9 Å². The number of aromatic hydroxyl groups is 1. The quantitative estimate of drug-likeness (QED) is 0.245. The number of halogens is 3. The van der Waals surface area contributed by atoms with Crippen molar-refractivity contribution in [1.82, 2.24) is 25.2 Å². The third kappa shape index (κ3) is 4.29. The minimum absolute atomic E-state index is 0.0497. The lowest BCUT2D eigenvalue weighted by molar-refractivity contribution is 0.107. The largest absolute Gasteiger partial charge is 0.508 e. The van der Waals surface area contributed by atoms with Crippen LogP contribution in [-0.2, 0) is 0 Å². The van der Waals surface area contributed by atoms with E-state index in [4.69, 9.17) is 20.9 Å². The van der Waals surface area contributed by atoms with Crippen molar-refractivity contribution in [3.05, 3.63) is 53.6 Å². The molecule has 4 aromatic rings. The SMILES string of the molecule is C#Cc1c(F)ccc2cc(O)cc(-c3nc4c5c(nc(OCC67CC(=C)CN6CC(F)C7)nc5c3F)N3C[C@H]5CC[C@H](N5)[C@H]3CO4)c12. The fraction of sp³-hybridized carbons (Fsp3) is 0.400. The van der Waals surface area contributed by atoms with Crippen molar-refractivity contribution in [3.63, 3.8) is 0 Å². The summed E-state index contributed by atoms with van der Waals surface area (Å²) in [5.74, 6) is 1.29. The van der Waals surface area contributed by atoms with Crippen LogP contribution in [0.4, 0.5) is 19.0 Å². The van der Waals surface area contributed by atoms with Crippen LogP contribution in [0, 0.1) is 24.0 Å². The van der Waals surface area contributed by atoms with Gasteiger partial charge < -0.3 is 24.8 Å². The molecular weight excluding hydrogens is 609 g/mol. The minimum atomic E-state index is -0.980. The van der Waals surface area contributed by atoms with Gasteiger partial charge in [0.1, 0.15) is 53.4 Å². The molecule has 0 aliphatic carbocycles. The zero-order valence-electron chi connectivity index (χ0n) is 25.4. The van der Waals surface area contributed by atoms with Crippen LogP contribution in [0.15, 0.2) is 36.4 Å². The predicted molar refractivity (Wildman–Crippen MR) is 169 cm³/mol. The number of piperazine rings is 1. The first kappa shape index (κ1) is 28.6. The summed E-state index contributed by atoms with van der Waals surface area (Å²) < 4.78 is 59.2. The zero-order chi connectivity index (χ0) is 32.2. The van der Waals surface area contributed by atoms with Crippen molar-refractivity contribution in [2.45, 2.75) is 55.5 Å². The van der Waals surface area contributed by atoms with Crippen molar-refractivity contribution in [2.75, 3.05) is 37.7 Å². The number of phenols is 1. The lowest BCUT2D eigenvalue weighted by atomic mass is 9.93. The highest BCUT2D eigenvalue weighted by Crippen LogP contribution is 2.46. The summed E-state index contributed by atoms with van der Waals surface area (Å²) in [7, 11) is 0. The number of phenolic OH excluding ortho intramolecular Hbond substituents is 1. The van der Waals surface area contributed by atoms with E-state index in [0.29, 0.717) is 49.1 Å². The summed E-state index contributed by atoms with van der Waals surface area (Å²) in [6.07, 6.45) is 7.59. The third-order valence-corrected chi connectivity index (χ3v) is 10.5. The van der Waals surface area contributed by atoms with Gasteiger partial charge in [-0.25, -0.2) is 18.2 Å². The monoisotopic (exact) mass is 640 g/mol. The van der Waals surface area contributed by atoms with Crippen LogP contribution >= 0.6 is 0 Å². The summed E-state index contributed by atoms with van der Waals surface area (Å²) in [5, 5.41) is 15.2. The number of aromatic nitrogens is 3. The van der Waals surface area contributed by atoms with Gasteiger partial charge in [-0.15, -0.1) is 6.42 Å². The molecule has 240 valence electrons. The van der Waals surface area contributed by atoms with Gasteiger partial charge in [0.15, 0.2) is 5.82 Å². The van der Waals surface area contributed by atoms with E-state index in [-0.39, 0.29) is 76.7 Å². The van der Waals surface area contributed by atoms with Gasteiger partial charge in [0, 0.05) is 49.1 Å². The molecule has 5 atom stereocenters. The average Bonchev–Trinajstić information content (AvgIpc) is 3.64. The van der Waals surface area contributed by atoms with Crippen molar-refractivity contribution in [1.29, 1.82) is 0 Å². The Morgan fingerprint density at radius 3 is 2.89 bits per heavy atom. The number of hydrogen-bond donors (Lipinski definition) is 2. The normalized spacial score (nSPS) is 27.9. The van der Waals surface area contributed by atoms with Crippen LogP contribution < -0.4 is 19.7 Å². The highest BCUT2D eigenvalue weighted by atomic mass is 19.1. The Hall–Kier alpha value is -4.60. The molecule has 5 aliphatic heterocycles. The molecule has 4 saturated heterocycles. The molecule has 2 aromatic heterocycles. The Kier molecular flexibility index (Phi) is 6.21. The van der Waals surface area contributed by atoms with Gasteiger partial charge in [-0.1, -0.05) is 24.1 Å². The number of alkyl halides is 1. The summed E-state index contributed by atoms with van der Waals surface area (Å²) in [6, 6.07) is 5.62. The molecule has 2 bridgehead atoms. The van der Waals surface area contributed by atoms with Gasteiger partial charge in [-0.2, -0.15) is 9.97 Å². The lowest BCUT2D eigenvalue weighted by Gasteiger charge is -2.40. The Labute approximate surface area is 268 Å². The maximum atomic E-state index is 17.0. The number of hydrogen-bond acceptors (Lipinski definition) is 9. The number of fused-ring (bicyclic) bond motifs is 7. The predicted octanol–water partition coefficient (Wildman–Crippen LogP) is 4.63. The first-order valence-electron chi connectivity index (χ1n) is 15.9. The molecule has 2 unspecified atom stereocenters. The molecule has 9 nitrogen and oxygen atoms in total. The number of rotatable bonds is 4. The number of benzene rings is 2. The van der Waals surface area contributed by atoms with Gasteiger partial charge in [-0.05, 0) is 42.8 Å². The summed E-state index contributed by atoms with van der Waals surface area (Å²) >= 11 is 0. The molecule has 0 saturated carbocycles. The van der Waals surface area contributed by atoms with Gasteiger partial charge in [0.05, 0.1) is 17.1 Å². The molecule has 0 spiro atoms. The Bertz CT molecular complexity index is 2070. The van der Waals surface area contributed by atoms with Crippen molar-refractivity contribution in [2.24, 2.45) is 0 Å². The lowest BCUT2D eigenvalue weighted by Crippen LogP contribution is -2.60. The zero-order valence-corrected chi connectivity index (χ0v) is 25.4. The van der Waals surface area contributed by atoms with E-state index in [1.165, 1.54) is 24.3 Å². The molecule has 47 heavy (non-hydrogen) atoms. The van der Waals surface area contributed by atoms with E-state index >= 15 is 4.39 Å². The number of pyridine rings is 1. The molecule has 9 rings (SSSR count). The highest BCUT2D eigenvalue weighted by Gasteiger charge is 2.51. The van der Waals surface area contributed by atoms with E-state index in [2.05, 4.69) is 37.6 Å². The second-order valence-corrected chi connectivity index (χ2v) is 13.5. The van der Waals surface area contributed by atoms with E-state index in [1.807, 2.05) is 0 Å². The molecule has 2 aromatic carbocycles. The standard InChI is InChI=1S/C35H31F3N6O3/c1-3-22-24(37)6-4-18-8-21(45)9-23(27(18)22)30-29(38)31-28-32(44-14-20-5-7-25(39-20)26(44)15-46-33(28)40-30)42-34(41-31)47-16-35-10-17(2)12-43(35)13-19(36)11-35/h1,4,6,8-9,19-20,25-26,39,45H,2,5,7,10-16H2/t19?,20-,25+,26-,35?/m1/s1. The second-order valence-electron chi connectivity index (χ2n) is 13.5. The summed E-state index contributed by atoms with van der Waals surface area (Å²) in [5.41, 5.74) is 0.143. The van der Waals surface area contributed by atoms with Crippen molar-refractivity contribution in [3.8, 4) is 41.2 Å². The van der Waals surface area contributed by atoms with E-state index in [1.54, 1.807) is 0 Å². The highest BCUT2D eigenvalue weighted by molar-refractivity contribution is 6.04. The van der Waals surface area contributed by atoms with Crippen LogP contribution in [0.5, 0.6) is 17.6 Å². The van der Waals surface area contributed by atoms with E-state index < -0.39 is 23.3 Å². The average molecular weight is 641 g/mol. The van der Waals surface area contributed by atoms with Gasteiger partial charge >= 0.3 is 6.01 Å². The molecule has 4 fully saturated rings. The van der Waals surface area contributed by atoms with Gasteiger partial charge in [-0.3, -0.25) is 4.90 Å². The first-order valence-corrected chi connectivity index (χ1v) is 15.9. The smallest absolute Gasteiger partial charge is 0.319 e. The number of anilines is 1. The topological polar surface area (TPSA) is 95.9 Å². The van der Waals surface area contributed by atoms with E-state index in [0.717, 1.165) is 18.4 Å². The summed E-state index contributed by atoms with van der Waals surface area (Å²) in [4.78, 5) is 18.3. The Morgan fingerprint density at radius 1 is 1.17 bits per heavy atom. The molecule has 5 aliphatic rings. The minimum Gasteiger partial charge on any atom is -0.508 e. The second kappa shape index (κ2) is 10.2. The van der Waals surface area contributed by atoms with Crippen molar-refractivity contribution < 1.29 is 27.8 Å². The van der Waals surface area contributed by atoms with Gasteiger partial charge in [0.25, 0.3) is 0 Å². The van der Waals surface area contributed by atoms with Crippen LogP contribution in [-0.4, -0.2) is 87.6 Å². The number of nitrogens with one attached hydrogen (secondary N) is 1. The van der Waals surface area contributed by atoms with E-state index in [9.17, 15) is 13.9 Å². The molecule has 0 radical (unpaired) electrons.